The van der Waals surface area contributed by atoms with Crippen LogP contribution in [0.1, 0.15) is 11.1 Å². The lowest BCUT2D eigenvalue weighted by Gasteiger charge is -2.06. The van der Waals surface area contributed by atoms with Crippen LogP contribution in [0.3, 0.4) is 0 Å². The number of hydrogen-bond donors (Lipinski definition) is 1. The molecule has 0 fully saturated rings. The molecular weight excluding hydrogens is 283 g/mol. The van der Waals surface area contributed by atoms with Gasteiger partial charge in [-0.25, -0.2) is 4.39 Å². The van der Waals surface area contributed by atoms with Gasteiger partial charge in [0.2, 0.25) is 0 Å². The Morgan fingerprint density at radius 1 is 1.26 bits per heavy atom. The molecule has 0 aliphatic heterocycles. The Labute approximate surface area is 120 Å². The molecule has 0 saturated carbocycles. The third-order valence-corrected chi connectivity index (χ3v) is 4.06. The Kier molecular flexibility index (Phi) is 4.31. The molecule has 0 heterocycles. The van der Waals surface area contributed by atoms with E-state index >= 15 is 0 Å². The summed E-state index contributed by atoms with van der Waals surface area (Å²) in [4.78, 5) is 0.795. The third-order valence-electron chi connectivity index (χ3n) is 2.51. The average molecular weight is 293 g/mol. The zero-order chi connectivity index (χ0) is 13.8. The van der Waals surface area contributed by atoms with Crippen molar-refractivity contribution in [2.75, 3.05) is 5.73 Å². The van der Waals surface area contributed by atoms with Crippen LogP contribution in [0.25, 0.3) is 0 Å². The smallest absolute Gasteiger partial charge is 0.127 e. The number of nitrogens with two attached hydrogens (primary N) is 1. The van der Waals surface area contributed by atoms with Crippen molar-refractivity contribution in [2.24, 2.45) is 0 Å². The van der Waals surface area contributed by atoms with E-state index in [4.69, 9.17) is 22.6 Å². The van der Waals surface area contributed by atoms with Crippen LogP contribution in [0.2, 0.25) is 5.02 Å². The maximum atomic E-state index is 13.6. The van der Waals surface area contributed by atoms with E-state index in [0.29, 0.717) is 27.6 Å². The Morgan fingerprint density at radius 3 is 2.79 bits per heavy atom. The lowest BCUT2D eigenvalue weighted by Crippen LogP contribution is -1.90. The van der Waals surface area contributed by atoms with Crippen molar-refractivity contribution >= 4 is 29.1 Å². The predicted octanol–water partition coefficient (Wildman–Crippen LogP) is 4.23. The van der Waals surface area contributed by atoms with E-state index in [9.17, 15) is 4.39 Å². The lowest BCUT2D eigenvalue weighted by atomic mass is 10.1. The molecule has 2 aromatic carbocycles. The Hall–Kier alpha value is -1.70. The van der Waals surface area contributed by atoms with E-state index in [0.717, 1.165) is 4.90 Å². The highest BCUT2D eigenvalue weighted by atomic mass is 35.5. The van der Waals surface area contributed by atoms with Crippen molar-refractivity contribution in [1.29, 1.82) is 5.26 Å². The van der Waals surface area contributed by atoms with E-state index in [2.05, 4.69) is 0 Å². The van der Waals surface area contributed by atoms with Gasteiger partial charge in [0.05, 0.1) is 16.7 Å². The number of hydrogen-bond acceptors (Lipinski definition) is 3. The molecule has 0 amide bonds. The van der Waals surface area contributed by atoms with Crippen LogP contribution < -0.4 is 5.73 Å². The summed E-state index contributed by atoms with van der Waals surface area (Å²) in [5.41, 5.74) is 7.21. The molecule has 0 spiro atoms. The first-order valence-corrected chi connectivity index (χ1v) is 6.83. The Morgan fingerprint density at radius 2 is 2.05 bits per heavy atom. The Balaban J connectivity index is 2.19. The summed E-state index contributed by atoms with van der Waals surface area (Å²) in [7, 11) is 0. The summed E-state index contributed by atoms with van der Waals surface area (Å²) >= 11 is 7.42. The highest BCUT2D eigenvalue weighted by Gasteiger charge is 2.07. The standard InChI is InChI=1S/C14H10ClFN2S/c15-12-3-2-11(18)6-14(12)19-8-10-5-9(7-17)1-4-13(10)16/h1-6H,8,18H2. The summed E-state index contributed by atoms with van der Waals surface area (Å²) in [5.74, 6) is 0.0661. The predicted molar refractivity (Wildman–Crippen MR) is 76.5 cm³/mol. The van der Waals surface area contributed by atoms with Gasteiger partial charge in [-0.2, -0.15) is 5.26 Å². The Bertz CT molecular complexity index is 652. The third kappa shape index (κ3) is 3.40. The van der Waals surface area contributed by atoms with E-state index in [1.807, 2.05) is 6.07 Å². The first-order chi connectivity index (χ1) is 9.10. The van der Waals surface area contributed by atoms with Crippen LogP contribution in [0.4, 0.5) is 10.1 Å². The van der Waals surface area contributed by atoms with Gasteiger partial charge in [-0.05, 0) is 42.0 Å². The fraction of sp³-hybridized carbons (Fsp3) is 0.0714. The normalized spacial score (nSPS) is 10.2. The van der Waals surface area contributed by atoms with Gasteiger partial charge in [-0.15, -0.1) is 11.8 Å². The molecule has 0 aromatic heterocycles. The molecule has 2 aromatic rings. The largest absolute Gasteiger partial charge is 0.399 e. The van der Waals surface area contributed by atoms with Crippen molar-refractivity contribution in [1.82, 2.24) is 0 Å². The number of rotatable bonds is 3. The molecule has 0 atom stereocenters. The minimum absolute atomic E-state index is 0.327. The minimum atomic E-state index is -0.327. The van der Waals surface area contributed by atoms with Gasteiger partial charge in [-0.1, -0.05) is 11.6 Å². The summed E-state index contributed by atoms with van der Waals surface area (Å²) in [5, 5.41) is 9.38. The van der Waals surface area contributed by atoms with Crippen LogP contribution in [0, 0.1) is 17.1 Å². The van der Waals surface area contributed by atoms with Gasteiger partial charge in [0, 0.05) is 16.3 Å². The first kappa shape index (κ1) is 13.7. The highest BCUT2D eigenvalue weighted by molar-refractivity contribution is 7.98. The maximum absolute atomic E-state index is 13.6. The number of anilines is 1. The molecule has 2 rings (SSSR count). The lowest BCUT2D eigenvalue weighted by molar-refractivity contribution is 0.617. The molecule has 5 heteroatoms. The second-order valence-corrected chi connectivity index (χ2v) is 5.32. The molecule has 19 heavy (non-hydrogen) atoms. The second-order valence-electron chi connectivity index (χ2n) is 3.90. The van der Waals surface area contributed by atoms with Crippen molar-refractivity contribution in [3.8, 4) is 6.07 Å². The monoisotopic (exact) mass is 292 g/mol. The van der Waals surface area contributed by atoms with Crippen LogP contribution >= 0.6 is 23.4 Å². The maximum Gasteiger partial charge on any atom is 0.127 e. The van der Waals surface area contributed by atoms with Gasteiger partial charge in [0.15, 0.2) is 0 Å². The van der Waals surface area contributed by atoms with Crippen molar-refractivity contribution in [3.63, 3.8) is 0 Å². The molecule has 0 bridgehead atoms. The van der Waals surface area contributed by atoms with E-state index in [1.165, 1.54) is 23.9 Å². The molecule has 0 radical (unpaired) electrons. The van der Waals surface area contributed by atoms with Crippen LogP contribution in [0.5, 0.6) is 0 Å². The van der Waals surface area contributed by atoms with Gasteiger partial charge in [-0.3, -0.25) is 0 Å². The molecule has 0 saturated heterocycles. The van der Waals surface area contributed by atoms with Crippen molar-refractivity contribution < 1.29 is 4.39 Å². The molecule has 2 N–H and O–H groups in total. The molecule has 0 unspecified atom stereocenters. The number of nitrogens with zero attached hydrogens (tertiary/aromatic N) is 1. The summed E-state index contributed by atoms with van der Waals surface area (Å²) in [6, 6.07) is 11.5. The van der Waals surface area contributed by atoms with Crippen LogP contribution in [0.15, 0.2) is 41.3 Å². The minimum Gasteiger partial charge on any atom is -0.399 e. The van der Waals surface area contributed by atoms with Gasteiger partial charge >= 0.3 is 0 Å². The molecule has 0 aliphatic rings. The zero-order valence-electron chi connectivity index (χ0n) is 9.86. The molecule has 2 nitrogen and oxygen atoms in total. The SMILES string of the molecule is N#Cc1ccc(F)c(CSc2cc(N)ccc2Cl)c1. The van der Waals surface area contributed by atoms with E-state index in [-0.39, 0.29) is 5.82 Å². The fourth-order valence-electron chi connectivity index (χ4n) is 1.54. The van der Waals surface area contributed by atoms with Gasteiger partial charge in [0.1, 0.15) is 5.82 Å². The summed E-state index contributed by atoms with van der Waals surface area (Å²) in [6.07, 6.45) is 0. The molecule has 96 valence electrons. The van der Waals surface area contributed by atoms with Crippen LogP contribution in [-0.2, 0) is 5.75 Å². The van der Waals surface area contributed by atoms with Crippen molar-refractivity contribution in [3.05, 3.63) is 58.4 Å². The van der Waals surface area contributed by atoms with Crippen molar-refractivity contribution in [2.45, 2.75) is 10.6 Å². The molecule has 0 aliphatic carbocycles. The summed E-state index contributed by atoms with van der Waals surface area (Å²) < 4.78 is 13.6. The second kappa shape index (κ2) is 5.96. The van der Waals surface area contributed by atoms with Crippen LogP contribution in [-0.4, -0.2) is 0 Å². The van der Waals surface area contributed by atoms with Gasteiger partial charge in [0.25, 0.3) is 0 Å². The first-order valence-electron chi connectivity index (χ1n) is 5.46. The number of nitriles is 1. The van der Waals surface area contributed by atoms with Gasteiger partial charge < -0.3 is 5.73 Å². The van der Waals surface area contributed by atoms with E-state index in [1.54, 1.807) is 24.3 Å². The topological polar surface area (TPSA) is 49.8 Å². The fourth-order valence-corrected chi connectivity index (χ4v) is 2.78. The zero-order valence-corrected chi connectivity index (χ0v) is 11.4. The number of nitrogen functional groups attached to an aromatic ring is 1. The number of thioether (sulfide) groups is 1. The quantitative estimate of drug-likeness (QED) is 0.680. The van der Waals surface area contributed by atoms with E-state index < -0.39 is 0 Å². The number of halogens is 2. The highest BCUT2D eigenvalue weighted by Crippen LogP contribution is 2.32. The summed E-state index contributed by atoms with van der Waals surface area (Å²) in [6.45, 7) is 0. The average Bonchev–Trinajstić information content (AvgIpc) is 2.41. The molecular formula is C14H10ClFN2S. The number of benzene rings is 2.